The Morgan fingerprint density at radius 2 is 0.625 bits per heavy atom. The molecule has 0 saturated heterocycles. The Morgan fingerprint density at radius 3 is 0.900 bits per heavy atom. The van der Waals surface area contributed by atoms with Crippen LogP contribution in [0.2, 0.25) is 0 Å². The van der Waals surface area contributed by atoms with Gasteiger partial charge in [-0.25, -0.2) is 0 Å². The molecule has 3 rings (SSSR count). The quantitative estimate of drug-likeness (QED) is 0.0821. The van der Waals surface area contributed by atoms with Gasteiger partial charge in [-0.2, -0.15) is 0 Å². The van der Waals surface area contributed by atoms with Gasteiger partial charge in [0.05, 0.1) is 0 Å². The Morgan fingerprint density at radius 1 is 0.375 bits per heavy atom. The molecule has 0 amide bonds. The van der Waals surface area contributed by atoms with Crippen molar-refractivity contribution in [2.24, 2.45) is 0 Å². The normalized spacial score (nSPS) is 12.7. The third kappa shape index (κ3) is 9.74. The second-order valence-corrected chi connectivity index (χ2v) is 18.5. The van der Waals surface area contributed by atoms with E-state index in [1.165, 1.54) is 131 Å². The van der Waals surface area contributed by atoms with Crippen molar-refractivity contribution in [3.8, 4) is 0 Å². The van der Waals surface area contributed by atoms with E-state index in [1.807, 2.05) is 0 Å². The van der Waals surface area contributed by atoms with Crippen LogP contribution in [-0.2, 0) is 0 Å². The van der Waals surface area contributed by atoms with Crippen LogP contribution < -0.4 is 15.9 Å². The molecule has 3 aromatic rings. The summed E-state index contributed by atoms with van der Waals surface area (Å²) in [4.78, 5) is 0. The third-order valence-electron chi connectivity index (χ3n) is 8.82. The van der Waals surface area contributed by atoms with E-state index in [1.54, 1.807) is 0 Å². The first kappa shape index (κ1) is 32.9. The molecule has 0 fully saturated rings. The van der Waals surface area contributed by atoms with Crippen LogP contribution in [0.15, 0.2) is 91.0 Å². The summed E-state index contributed by atoms with van der Waals surface area (Å²) in [6, 6.07) is 32.8. The molecular weight excluding hydrogens is 523 g/mol. The Balaban J connectivity index is 1.39. The fourth-order valence-electron chi connectivity index (χ4n) is 6.36. The summed E-state index contributed by atoms with van der Waals surface area (Å²) in [7, 11) is 0. The first-order valence-electron chi connectivity index (χ1n) is 16.6. The van der Waals surface area contributed by atoms with Crippen molar-refractivity contribution in [2.75, 3.05) is 6.16 Å². The van der Waals surface area contributed by atoms with Crippen LogP contribution >= 0.6 is 17.2 Å². The molecule has 0 aliphatic heterocycles. The molecule has 0 radical (unpaired) electrons. The Bertz CT molecular complexity index is 918. The number of halogens is 1. The van der Waals surface area contributed by atoms with Crippen LogP contribution in [0.25, 0.3) is 0 Å². The molecular formula is C38H56ClP. The summed E-state index contributed by atoms with van der Waals surface area (Å²) in [6.45, 7) is 2.30. The van der Waals surface area contributed by atoms with E-state index < -0.39 is 5.96 Å². The van der Waals surface area contributed by atoms with E-state index in [-0.39, 0.29) is 0 Å². The summed E-state index contributed by atoms with van der Waals surface area (Å²) >= 11 is 8.18. The molecule has 40 heavy (non-hydrogen) atoms. The van der Waals surface area contributed by atoms with Crippen molar-refractivity contribution in [3.63, 3.8) is 0 Å². The van der Waals surface area contributed by atoms with Gasteiger partial charge in [0, 0.05) is 0 Å². The van der Waals surface area contributed by atoms with Crippen LogP contribution in [0.4, 0.5) is 0 Å². The molecule has 0 heterocycles. The van der Waals surface area contributed by atoms with Crippen LogP contribution in [0.1, 0.15) is 122 Å². The van der Waals surface area contributed by atoms with Crippen LogP contribution in [-0.4, -0.2) is 6.16 Å². The van der Waals surface area contributed by atoms with Gasteiger partial charge in [-0.05, 0) is 0 Å². The van der Waals surface area contributed by atoms with E-state index in [9.17, 15) is 0 Å². The number of hydrogen-bond donors (Lipinski definition) is 0. The first-order valence-corrected chi connectivity index (χ1v) is 19.9. The summed E-state index contributed by atoms with van der Waals surface area (Å²) in [6.07, 6.45) is 26.2. The SMILES string of the molecule is CCCCCCCCCCCCCCCCCCCCP(Cl)(c1ccccc1)(c1ccccc1)c1ccccc1. The molecule has 3 aromatic carbocycles. The van der Waals surface area contributed by atoms with E-state index >= 15 is 0 Å². The monoisotopic (exact) mass is 578 g/mol. The molecule has 0 bridgehead atoms. The maximum absolute atomic E-state index is 8.18. The van der Waals surface area contributed by atoms with Gasteiger partial charge < -0.3 is 0 Å². The molecule has 0 spiro atoms. The van der Waals surface area contributed by atoms with Crippen LogP contribution in [0.3, 0.4) is 0 Å². The molecule has 0 N–H and O–H groups in total. The predicted molar refractivity (Wildman–Crippen MR) is 185 cm³/mol. The standard InChI is InChI=1S/C38H56ClP/c1-2-3-4-5-6-7-8-9-10-11-12-13-14-15-16-17-18-28-35-40(39,36-29-22-19-23-30-36,37-31-24-20-25-32-37)38-33-26-21-27-34-38/h19-27,29-34H,2-18,28,35H2,1H3. The van der Waals surface area contributed by atoms with Gasteiger partial charge in [-0.3, -0.25) is 0 Å². The topological polar surface area (TPSA) is 0 Å². The van der Waals surface area contributed by atoms with Crippen molar-refractivity contribution in [1.29, 1.82) is 0 Å². The number of benzene rings is 3. The van der Waals surface area contributed by atoms with Crippen molar-refractivity contribution < 1.29 is 0 Å². The zero-order valence-corrected chi connectivity index (χ0v) is 27.1. The van der Waals surface area contributed by atoms with E-state index in [2.05, 4.69) is 97.9 Å². The fourth-order valence-corrected chi connectivity index (χ4v) is 12.6. The van der Waals surface area contributed by atoms with Gasteiger partial charge in [0.1, 0.15) is 0 Å². The van der Waals surface area contributed by atoms with Gasteiger partial charge in [0.2, 0.25) is 0 Å². The maximum atomic E-state index is 8.18. The molecule has 0 nitrogen and oxygen atoms in total. The second-order valence-electron chi connectivity index (χ2n) is 11.9. The minimum absolute atomic E-state index is 1.02. The van der Waals surface area contributed by atoms with Gasteiger partial charge in [0.25, 0.3) is 0 Å². The molecule has 0 atom stereocenters. The Kier molecular flexibility index (Phi) is 15.4. The van der Waals surface area contributed by atoms with Gasteiger partial charge >= 0.3 is 201 Å². The zero-order valence-electron chi connectivity index (χ0n) is 25.4. The van der Waals surface area contributed by atoms with Crippen molar-refractivity contribution in [3.05, 3.63) is 91.0 Å². The molecule has 220 valence electrons. The third-order valence-corrected chi connectivity index (χ3v) is 16.4. The first-order chi connectivity index (χ1) is 19.7. The molecule has 0 saturated carbocycles. The molecule has 0 unspecified atom stereocenters. The van der Waals surface area contributed by atoms with Crippen LogP contribution in [0, 0.1) is 0 Å². The Labute approximate surface area is 252 Å². The van der Waals surface area contributed by atoms with Gasteiger partial charge in [-0.1, -0.05) is 51.9 Å². The second kappa shape index (κ2) is 18.7. The van der Waals surface area contributed by atoms with Crippen molar-refractivity contribution >= 4 is 33.1 Å². The fraction of sp³-hybridized carbons (Fsp3) is 0.526. The van der Waals surface area contributed by atoms with Crippen LogP contribution in [0.5, 0.6) is 0 Å². The summed E-state index contributed by atoms with van der Waals surface area (Å²) in [5, 5.41) is 3.87. The summed E-state index contributed by atoms with van der Waals surface area (Å²) < 4.78 is 0. The summed E-state index contributed by atoms with van der Waals surface area (Å²) in [5.74, 6) is -3.08. The molecule has 2 heteroatoms. The molecule has 0 aliphatic carbocycles. The number of hydrogen-bond acceptors (Lipinski definition) is 0. The Hall–Kier alpha value is -1.62. The van der Waals surface area contributed by atoms with E-state index in [0.29, 0.717) is 0 Å². The number of unbranched alkanes of at least 4 members (excludes halogenated alkanes) is 17. The zero-order chi connectivity index (χ0) is 28.2. The predicted octanol–water partition coefficient (Wildman–Crippen LogP) is 11.7. The van der Waals surface area contributed by atoms with Gasteiger partial charge in [0.15, 0.2) is 0 Å². The molecule has 0 aromatic heterocycles. The van der Waals surface area contributed by atoms with E-state index in [0.717, 1.165) is 6.16 Å². The minimum atomic E-state index is -3.08. The number of rotatable bonds is 22. The summed E-state index contributed by atoms with van der Waals surface area (Å²) in [5.41, 5.74) is 0. The van der Waals surface area contributed by atoms with Crippen molar-refractivity contribution in [2.45, 2.75) is 122 Å². The van der Waals surface area contributed by atoms with E-state index in [4.69, 9.17) is 11.2 Å². The average molecular weight is 579 g/mol. The average Bonchev–Trinajstić information content (AvgIpc) is 3.02. The van der Waals surface area contributed by atoms with Crippen molar-refractivity contribution in [1.82, 2.24) is 0 Å². The molecule has 0 aliphatic rings. The van der Waals surface area contributed by atoms with Gasteiger partial charge in [-0.15, -0.1) is 0 Å².